The number of nitrogens with one attached hydrogen (secondary N) is 1. The Hall–Kier alpha value is -3.06. The fraction of sp³-hybridized carbons (Fsp3) is 0.263. The van der Waals surface area contributed by atoms with Crippen LogP contribution in [0.5, 0.6) is 0 Å². The average Bonchev–Trinajstić information content (AvgIpc) is 3.19. The predicted molar refractivity (Wildman–Crippen MR) is 99.1 cm³/mol. The zero-order chi connectivity index (χ0) is 17.9. The molecule has 2 aromatic carbocycles. The third kappa shape index (κ3) is 3.34. The SMILES string of the molecule is O=[N+]([O-])c1cc(-c2cnc3ccccc3n2)ccc1NC[C@@H]1CCCO1. The molecule has 1 fully saturated rings. The fourth-order valence-electron chi connectivity index (χ4n) is 3.12. The minimum Gasteiger partial charge on any atom is -0.377 e. The van der Waals surface area contributed by atoms with Crippen LogP contribution in [0.2, 0.25) is 0 Å². The van der Waals surface area contributed by atoms with Gasteiger partial charge < -0.3 is 10.1 Å². The molecule has 0 saturated carbocycles. The lowest BCUT2D eigenvalue weighted by atomic mass is 10.1. The van der Waals surface area contributed by atoms with E-state index in [4.69, 9.17) is 4.74 Å². The smallest absolute Gasteiger partial charge is 0.292 e. The van der Waals surface area contributed by atoms with Crippen molar-refractivity contribution in [3.05, 3.63) is 58.8 Å². The third-order valence-electron chi connectivity index (χ3n) is 4.48. The second-order valence-corrected chi connectivity index (χ2v) is 6.25. The molecule has 0 radical (unpaired) electrons. The molecule has 1 aromatic heterocycles. The molecule has 7 heteroatoms. The molecule has 0 bridgehead atoms. The van der Waals surface area contributed by atoms with Gasteiger partial charge in [0.05, 0.1) is 34.0 Å². The minimum atomic E-state index is -0.379. The summed E-state index contributed by atoms with van der Waals surface area (Å²) < 4.78 is 5.56. The highest BCUT2D eigenvalue weighted by Gasteiger charge is 2.19. The largest absolute Gasteiger partial charge is 0.377 e. The van der Waals surface area contributed by atoms with E-state index >= 15 is 0 Å². The number of hydrogen-bond donors (Lipinski definition) is 1. The summed E-state index contributed by atoms with van der Waals surface area (Å²) in [6, 6.07) is 12.6. The Kier molecular flexibility index (Phi) is 4.45. The standard InChI is InChI=1S/C19H18N4O3/c24-23(25)19-10-13(7-8-17(19)20-11-14-4-3-9-26-14)18-12-21-15-5-1-2-6-16(15)22-18/h1-2,5-8,10,12,14,20H,3-4,9,11H2/t14-/m0/s1. The highest BCUT2D eigenvalue weighted by molar-refractivity contribution is 5.78. The van der Waals surface area contributed by atoms with Gasteiger partial charge in [0.15, 0.2) is 0 Å². The van der Waals surface area contributed by atoms with E-state index in [1.54, 1.807) is 12.3 Å². The number of anilines is 1. The highest BCUT2D eigenvalue weighted by Crippen LogP contribution is 2.30. The van der Waals surface area contributed by atoms with Gasteiger partial charge in [-0.2, -0.15) is 0 Å². The van der Waals surface area contributed by atoms with Gasteiger partial charge in [0.25, 0.3) is 5.69 Å². The van der Waals surface area contributed by atoms with Crippen LogP contribution < -0.4 is 5.32 Å². The molecule has 1 atom stereocenters. The van der Waals surface area contributed by atoms with Crippen molar-refractivity contribution < 1.29 is 9.66 Å². The van der Waals surface area contributed by atoms with E-state index in [1.807, 2.05) is 30.3 Å². The van der Waals surface area contributed by atoms with Gasteiger partial charge in [-0.15, -0.1) is 0 Å². The molecule has 0 unspecified atom stereocenters. The van der Waals surface area contributed by atoms with Crippen molar-refractivity contribution in [3.63, 3.8) is 0 Å². The number of fused-ring (bicyclic) bond motifs is 1. The van der Waals surface area contributed by atoms with Gasteiger partial charge in [0.2, 0.25) is 0 Å². The van der Waals surface area contributed by atoms with Gasteiger partial charge in [0, 0.05) is 24.8 Å². The van der Waals surface area contributed by atoms with Crippen molar-refractivity contribution >= 4 is 22.4 Å². The van der Waals surface area contributed by atoms with Gasteiger partial charge in [-0.1, -0.05) is 18.2 Å². The predicted octanol–water partition coefficient (Wildman–Crippen LogP) is 3.80. The summed E-state index contributed by atoms with van der Waals surface area (Å²) in [6.45, 7) is 1.32. The summed E-state index contributed by atoms with van der Waals surface area (Å²) in [6.07, 6.45) is 3.76. The molecule has 1 saturated heterocycles. The number of aromatic nitrogens is 2. The molecule has 26 heavy (non-hydrogen) atoms. The molecule has 4 rings (SSSR count). The lowest BCUT2D eigenvalue weighted by Crippen LogP contribution is -2.18. The normalized spacial score (nSPS) is 16.7. The molecule has 132 valence electrons. The Labute approximate surface area is 150 Å². The molecule has 2 heterocycles. The van der Waals surface area contributed by atoms with Gasteiger partial charge in [-0.25, -0.2) is 4.98 Å². The fourth-order valence-corrected chi connectivity index (χ4v) is 3.12. The maximum absolute atomic E-state index is 11.5. The van der Waals surface area contributed by atoms with Crippen molar-refractivity contribution in [2.45, 2.75) is 18.9 Å². The molecule has 0 spiro atoms. The van der Waals surface area contributed by atoms with Crippen LogP contribution in [0.3, 0.4) is 0 Å². The van der Waals surface area contributed by atoms with Crippen LogP contribution in [-0.2, 0) is 4.74 Å². The first-order chi connectivity index (χ1) is 12.7. The molecule has 7 nitrogen and oxygen atoms in total. The van der Waals surface area contributed by atoms with Crippen molar-refractivity contribution in [2.75, 3.05) is 18.5 Å². The molecule has 1 aliphatic heterocycles. The second kappa shape index (κ2) is 7.05. The Balaban J connectivity index is 1.63. The summed E-state index contributed by atoms with van der Waals surface area (Å²) >= 11 is 0. The van der Waals surface area contributed by atoms with E-state index in [0.717, 1.165) is 30.5 Å². The zero-order valence-electron chi connectivity index (χ0n) is 14.1. The lowest BCUT2D eigenvalue weighted by molar-refractivity contribution is -0.383. The molecular weight excluding hydrogens is 332 g/mol. The zero-order valence-corrected chi connectivity index (χ0v) is 14.1. The molecular formula is C19H18N4O3. The number of para-hydroxylation sites is 2. The van der Waals surface area contributed by atoms with Gasteiger partial charge >= 0.3 is 0 Å². The van der Waals surface area contributed by atoms with Crippen molar-refractivity contribution in [1.82, 2.24) is 9.97 Å². The molecule has 1 N–H and O–H groups in total. The maximum Gasteiger partial charge on any atom is 0.292 e. The lowest BCUT2D eigenvalue weighted by Gasteiger charge is -2.12. The number of nitro groups is 1. The summed E-state index contributed by atoms with van der Waals surface area (Å²) in [5.41, 5.74) is 3.34. The summed E-state index contributed by atoms with van der Waals surface area (Å²) in [7, 11) is 0. The van der Waals surface area contributed by atoms with Gasteiger partial charge in [-0.3, -0.25) is 15.1 Å². The highest BCUT2D eigenvalue weighted by atomic mass is 16.6. The first kappa shape index (κ1) is 16.4. The molecule has 0 amide bonds. The third-order valence-corrected chi connectivity index (χ3v) is 4.48. The van der Waals surface area contributed by atoms with Crippen molar-refractivity contribution in [3.8, 4) is 11.3 Å². The van der Waals surface area contributed by atoms with Crippen molar-refractivity contribution in [1.29, 1.82) is 0 Å². The number of benzene rings is 2. The topological polar surface area (TPSA) is 90.2 Å². The minimum absolute atomic E-state index is 0.0236. The number of rotatable bonds is 5. The van der Waals surface area contributed by atoms with Crippen LogP contribution in [0.1, 0.15) is 12.8 Å². The quantitative estimate of drug-likeness (QED) is 0.556. The van der Waals surface area contributed by atoms with Crippen LogP contribution in [0.15, 0.2) is 48.7 Å². The van der Waals surface area contributed by atoms with E-state index in [-0.39, 0.29) is 16.7 Å². The van der Waals surface area contributed by atoms with E-state index in [1.165, 1.54) is 6.07 Å². The number of ether oxygens (including phenoxy) is 1. The number of hydrogen-bond acceptors (Lipinski definition) is 6. The van der Waals surface area contributed by atoms with Crippen LogP contribution in [0.25, 0.3) is 22.3 Å². The second-order valence-electron chi connectivity index (χ2n) is 6.25. The first-order valence-electron chi connectivity index (χ1n) is 8.57. The Morgan fingerprint density at radius 1 is 1.23 bits per heavy atom. The maximum atomic E-state index is 11.5. The van der Waals surface area contributed by atoms with Gasteiger partial charge in [-0.05, 0) is 31.0 Å². The van der Waals surface area contributed by atoms with E-state index in [9.17, 15) is 10.1 Å². The van der Waals surface area contributed by atoms with Crippen LogP contribution in [0, 0.1) is 10.1 Å². The van der Waals surface area contributed by atoms with E-state index < -0.39 is 0 Å². The number of nitrogens with zero attached hydrogens (tertiary/aromatic N) is 3. The van der Waals surface area contributed by atoms with E-state index in [2.05, 4.69) is 15.3 Å². The summed E-state index contributed by atoms with van der Waals surface area (Å²) in [5.74, 6) is 0. The monoisotopic (exact) mass is 350 g/mol. The first-order valence-corrected chi connectivity index (χ1v) is 8.57. The van der Waals surface area contributed by atoms with Crippen molar-refractivity contribution in [2.24, 2.45) is 0 Å². The van der Waals surface area contributed by atoms with Crippen LogP contribution in [-0.4, -0.2) is 34.1 Å². The molecule has 1 aliphatic rings. The Bertz CT molecular complexity index is 954. The average molecular weight is 350 g/mol. The number of nitro benzene ring substituents is 1. The van der Waals surface area contributed by atoms with Crippen LogP contribution in [0.4, 0.5) is 11.4 Å². The summed E-state index contributed by atoms with van der Waals surface area (Å²) in [4.78, 5) is 20.1. The Morgan fingerprint density at radius 2 is 2.08 bits per heavy atom. The van der Waals surface area contributed by atoms with Gasteiger partial charge in [0.1, 0.15) is 5.69 Å². The molecule has 3 aromatic rings. The van der Waals surface area contributed by atoms with E-state index in [0.29, 0.717) is 23.5 Å². The summed E-state index contributed by atoms with van der Waals surface area (Å²) in [5, 5.41) is 14.7. The Morgan fingerprint density at radius 3 is 2.85 bits per heavy atom. The molecule has 0 aliphatic carbocycles. The van der Waals surface area contributed by atoms with Crippen LogP contribution >= 0.6 is 0 Å².